The van der Waals surface area contributed by atoms with Gasteiger partial charge in [0.15, 0.2) is 0 Å². The van der Waals surface area contributed by atoms with E-state index in [1.807, 2.05) is 12.1 Å². The predicted octanol–water partition coefficient (Wildman–Crippen LogP) is 1.92. The summed E-state index contributed by atoms with van der Waals surface area (Å²) in [4.78, 5) is 18.5. The number of hydrogen-bond acceptors (Lipinski definition) is 2. The van der Waals surface area contributed by atoms with E-state index < -0.39 is 0 Å². The first-order chi connectivity index (χ1) is 8.24. The molecule has 0 unspecified atom stereocenters. The Morgan fingerprint density at radius 3 is 2.76 bits per heavy atom. The van der Waals surface area contributed by atoms with Crippen LogP contribution in [0.1, 0.15) is 11.4 Å². The molecular formula is C12H12ClN3O. The van der Waals surface area contributed by atoms with Crippen LogP contribution >= 0.6 is 11.6 Å². The summed E-state index contributed by atoms with van der Waals surface area (Å²) in [7, 11) is 0. The first kappa shape index (κ1) is 11.7. The van der Waals surface area contributed by atoms with Crippen LogP contribution in [0.25, 0.3) is 0 Å². The minimum Gasteiger partial charge on any atom is -0.349 e. The van der Waals surface area contributed by atoms with Crippen molar-refractivity contribution in [1.29, 1.82) is 0 Å². The molecule has 0 radical (unpaired) electrons. The average Bonchev–Trinajstić information content (AvgIpc) is 2.83. The second-order valence-electron chi connectivity index (χ2n) is 3.62. The van der Waals surface area contributed by atoms with E-state index in [-0.39, 0.29) is 5.91 Å². The third-order valence-electron chi connectivity index (χ3n) is 2.29. The summed E-state index contributed by atoms with van der Waals surface area (Å²) in [6, 6.07) is 7.23. The number of imidazole rings is 1. The number of carbonyl (C=O) groups is 1. The molecule has 2 N–H and O–H groups in total. The molecule has 0 atom stereocenters. The van der Waals surface area contributed by atoms with Gasteiger partial charge >= 0.3 is 0 Å². The lowest BCUT2D eigenvalue weighted by molar-refractivity contribution is -0.120. The minimum atomic E-state index is -0.0382. The molecule has 1 heterocycles. The number of nitrogens with zero attached hydrogens (tertiary/aromatic N) is 1. The highest BCUT2D eigenvalue weighted by molar-refractivity contribution is 6.30. The molecule has 2 aromatic rings. The number of benzene rings is 1. The lowest BCUT2D eigenvalue weighted by Crippen LogP contribution is -2.25. The highest BCUT2D eigenvalue weighted by Gasteiger charge is 2.03. The Labute approximate surface area is 104 Å². The van der Waals surface area contributed by atoms with Gasteiger partial charge in [0.05, 0.1) is 13.0 Å². The first-order valence-electron chi connectivity index (χ1n) is 5.23. The van der Waals surface area contributed by atoms with Crippen LogP contribution in [0.3, 0.4) is 0 Å². The molecule has 17 heavy (non-hydrogen) atoms. The number of carbonyl (C=O) groups excluding carboxylic acids is 1. The Balaban J connectivity index is 1.83. The van der Waals surface area contributed by atoms with E-state index in [4.69, 9.17) is 11.6 Å². The van der Waals surface area contributed by atoms with Crippen molar-refractivity contribution in [3.05, 3.63) is 53.1 Å². The van der Waals surface area contributed by atoms with Crippen molar-refractivity contribution in [1.82, 2.24) is 15.3 Å². The van der Waals surface area contributed by atoms with Gasteiger partial charge in [0.2, 0.25) is 5.91 Å². The maximum atomic E-state index is 11.6. The zero-order valence-electron chi connectivity index (χ0n) is 9.11. The van der Waals surface area contributed by atoms with Gasteiger partial charge in [0.25, 0.3) is 0 Å². The van der Waals surface area contributed by atoms with E-state index in [0.717, 1.165) is 11.4 Å². The molecule has 2 rings (SSSR count). The molecule has 0 aliphatic heterocycles. The first-order valence-corrected chi connectivity index (χ1v) is 5.61. The fourth-order valence-electron chi connectivity index (χ4n) is 1.43. The van der Waals surface area contributed by atoms with Crippen molar-refractivity contribution in [3.63, 3.8) is 0 Å². The lowest BCUT2D eigenvalue weighted by atomic mass is 10.1. The van der Waals surface area contributed by atoms with Gasteiger partial charge in [-0.2, -0.15) is 0 Å². The van der Waals surface area contributed by atoms with E-state index in [2.05, 4.69) is 15.3 Å². The Morgan fingerprint density at radius 2 is 2.12 bits per heavy atom. The standard InChI is InChI=1S/C12H12ClN3O/c13-10-3-1-9(2-4-10)7-12(17)16-8-11-14-5-6-15-11/h1-6H,7-8H2,(H,14,15)(H,16,17). The second-order valence-corrected chi connectivity index (χ2v) is 4.05. The van der Waals surface area contributed by atoms with E-state index >= 15 is 0 Å². The van der Waals surface area contributed by atoms with E-state index in [9.17, 15) is 4.79 Å². The quantitative estimate of drug-likeness (QED) is 0.870. The summed E-state index contributed by atoms with van der Waals surface area (Å²) < 4.78 is 0. The summed E-state index contributed by atoms with van der Waals surface area (Å²) in [5, 5.41) is 3.45. The van der Waals surface area contributed by atoms with Gasteiger partial charge in [0, 0.05) is 17.4 Å². The Morgan fingerprint density at radius 1 is 1.35 bits per heavy atom. The summed E-state index contributed by atoms with van der Waals surface area (Å²) >= 11 is 5.76. The molecule has 0 aliphatic carbocycles. The monoisotopic (exact) mass is 249 g/mol. The van der Waals surface area contributed by atoms with Crippen molar-refractivity contribution in [2.45, 2.75) is 13.0 Å². The van der Waals surface area contributed by atoms with Crippen LogP contribution in [0, 0.1) is 0 Å². The molecule has 5 heteroatoms. The molecule has 1 aromatic carbocycles. The zero-order chi connectivity index (χ0) is 12.1. The van der Waals surface area contributed by atoms with Gasteiger partial charge in [-0.15, -0.1) is 0 Å². The lowest BCUT2D eigenvalue weighted by Gasteiger charge is -2.03. The van der Waals surface area contributed by atoms with Gasteiger partial charge in [-0.05, 0) is 17.7 Å². The molecule has 1 amide bonds. The largest absolute Gasteiger partial charge is 0.349 e. The summed E-state index contributed by atoms with van der Waals surface area (Å²) in [5.74, 6) is 0.707. The molecule has 0 spiro atoms. The summed E-state index contributed by atoms with van der Waals surface area (Å²) in [6.07, 6.45) is 3.72. The molecule has 0 fully saturated rings. The number of nitrogens with one attached hydrogen (secondary N) is 2. The number of hydrogen-bond donors (Lipinski definition) is 2. The van der Waals surface area contributed by atoms with E-state index in [1.165, 1.54) is 0 Å². The number of H-pyrrole nitrogens is 1. The number of halogens is 1. The maximum absolute atomic E-state index is 11.6. The Hall–Kier alpha value is -1.81. The van der Waals surface area contributed by atoms with Gasteiger partial charge in [-0.1, -0.05) is 23.7 Å². The SMILES string of the molecule is O=C(Cc1ccc(Cl)cc1)NCc1ncc[nH]1. The Bertz CT molecular complexity index is 479. The van der Waals surface area contributed by atoms with Crippen LogP contribution in [0.4, 0.5) is 0 Å². The normalized spacial score (nSPS) is 10.2. The number of aromatic amines is 1. The minimum absolute atomic E-state index is 0.0382. The molecule has 1 aromatic heterocycles. The number of amides is 1. The van der Waals surface area contributed by atoms with Crippen LogP contribution in [0.5, 0.6) is 0 Å². The van der Waals surface area contributed by atoms with Crippen molar-refractivity contribution >= 4 is 17.5 Å². The number of aromatic nitrogens is 2. The summed E-state index contributed by atoms with van der Waals surface area (Å²) in [5.41, 5.74) is 0.936. The van der Waals surface area contributed by atoms with Crippen LogP contribution in [-0.4, -0.2) is 15.9 Å². The molecule has 0 saturated heterocycles. The molecule has 4 nitrogen and oxygen atoms in total. The van der Waals surface area contributed by atoms with Gasteiger partial charge < -0.3 is 10.3 Å². The number of rotatable bonds is 4. The van der Waals surface area contributed by atoms with Gasteiger partial charge in [-0.25, -0.2) is 4.98 Å². The average molecular weight is 250 g/mol. The third-order valence-corrected chi connectivity index (χ3v) is 2.54. The van der Waals surface area contributed by atoms with Crippen molar-refractivity contribution in [2.75, 3.05) is 0 Å². The Kier molecular flexibility index (Phi) is 3.77. The third kappa shape index (κ3) is 3.60. The summed E-state index contributed by atoms with van der Waals surface area (Å²) in [6.45, 7) is 0.416. The van der Waals surface area contributed by atoms with Gasteiger partial charge in [0.1, 0.15) is 5.82 Å². The second kappa shape index (κ2) is 5.50. The zero-order valence-corrected chi connectivity index (χ0v) is 9.87. The topological polar surface area (TPSA) is 57.8 Å². The van der Waals surface area contributed by atoms with E-state index in [0.29, 0.717) is 18.0 Å². The van der Waals surface area contributed by atoms with E-state index in [1.54, 1.807) is 24.5 Å². The molecule has 0 aliphatic rings. The van der Waals surface area contributed by atoms with Crippen LogP contribution in [0.15, 0.2) is 36.7 Å². The fourth-order valence-corrected chi connectivity index (χ4v) is 1.55. The molecule has 88 valence electrons. The van der Waals surface area contributed by atoms with Crippen molar-refractivity contribution < 1.29 is 4.79 Å². The van der Waals surface area contributed by atoms with Crippen LogP contribution < -0.4 is 5.32 Å². The van der Waals surface area contributed by atoms with Gasteiger partial charge in [-0.3, -0.25) is 4.79 Å². The molecule has 0 bridgehead atoms. The maximum Gasteiger partial charge on any atom is 0.224 e. The highest BCUT2D eigenvalue weighted by atomic mass is 35.5. The van der Waals surface area contributed by atoms with Crippen LogP contribution in [-0.2, 0) is 17.8 Å². The van der Waals surface area contributed by atoms with Crippen molar-refractivity contribution in [2.24, 2.45) is 0 Å². The highest BCUT2D eigenvalue weighted by Crippen LogP contribution is 2.09. The smallest absolute Gasteiger partial charge is 0.224 e. The van der Waals surface area contributed by atoms with Crippen molar-refractivity contribution in [3.8, 4) is 0 Å². The fraction of sp³-hybridized carbons (Fsp3) is 0.167. The van der Waals surface area contributed by atoms with Crippen LogP contribution in [0.2, 0.25) is 5.02 Å². The predicted molar refractivity (Wildman–Crippen MR) is 65.6 cm³/mol. The molecular weight excluding hydrogens is 238 g/mol. The molecule has 0 saturated carbocycles.